The van der Waals surface area contributed by atoms with Gasteiger partial charge in [-0.05, 0) is 129 Å². The van der Waals surface area contributed by atoms with Gasteiger partial charge >= 0.3 is 24.1 Å². The van der Waals surface area contributed by atoms with Gasteiger partial charge in [-0.3, -0.25) is 0 Å². The lowest BCUT2D eigenvalue weighted by Crippen LogP contribution is -2.47. The van der Waals surface area contributed by atoms with Crippen LogP contribution in [0.1, 0.15) is 93.2 Å². The molecule has 2 amide bonds. The minimum absolute atomic E-state index is 0.116. The zero-order valence-corrected chi connectivity index (χ0v) is 35.6. The number of hydrogen-bond donors (Lipinski definition) is 0. The van der Waals surface area contributed by atoms with Crippen molar-refractivity contribution in [3.8, 4) is 0 Å². The van der Waals surface area contributed by atoms with Gasteiger partial charge in [0, 0.05) is 12.6 Å². The predicted molar refractivity (Wildman–Crippen MR) is 214 cm³/mol. The summed E-state index contributed by atoms with van der Waals surface area (Å²) in [5.41, 5.74) is 2.83. The normalized spacial score (nSPS) is 17.7. The highest BCUT2D eigenvalue weighted by molar-refractivity contribution is 6.42. The van der Waals surface area contributed by atoms with Crippen LogP contribution in [0.4, 0.5) is 9.59 Å². The second-order valence-electron chi connectivity index (χ2n) is 14.8. The molecule has 0 spiro atoms. The second-order valence-corrected chi connectivity index (χ2v) is 16.4. The van der Waals surface area contributed by atoms with E-state index in [2.05, 4.69) is 0 Å². The zero-order chi connectivity index (χ0) is 40.7. The van der Waals surface area contributed by atoms with Crippen LogP contribution in [0.25, 0.3) is 11.1 Å². The lowest BCUT2D eigenvalue weighted by Gasteiger charge is -2.37. The van der Waals surface area contributed by atoms with Gasteiger partial charge in [0.15, 0.2) is 0 Å². The van der Waals surface area contributed by atoms with Crippen LogP contribution < -0.4 is 0 Å². The maximum Gasteiger partial charge on any atom is 0.410 e. The highest BCUT2D eigenvalue weighted by Gasteiger charge is 2.37. The van der Waals surface area contributed by atoms with E-state index >= 15 is 0 Å². The van der Waals surface area contributed by atoms with Crippen LogP contribution in [0.3, 0.4) is 0 Å². The van der Waals surface area contributed by atoms with E-state index < -0.39 is 41.4 Å². The van der Waals surface area contributed by atoms with Crippen LogP contribution in [0, 0.1) is 0 Å². The molecule has 0 radical (unpaired) electrons. The molecule has 14 heteroatoms. The molecule has 2 aromatic carbocycles. The third-order valence-corrected chi connectivity index (χ3v) is 9.82. The summed E-state index contributed by atoms with van der Waals surface area (Å²) in [5.74, 6) is -0.890. The van der Waals surface area contributed by atoms with Crippen molar-refractivity contribution in [1.29, 1.82) is 0 Å². The summed E-state index contributed by atoms with van der Waals surface area (Å²) < 4.78 is 21.4. The monoisotopic (exact) mass is 826 g/mol. The Morgan fingerprint density at radius 2 is 1.15 bits per heavy atom. The molecule has 0 N–H and O–H groups in total. The maximum absolute atomic E-state index is 12.7. The SMILES string of the molecule is CCOC(=O)C1=C(c2ccc(Cl)c(Cl)c2)CC(C)N(C(=O)OC(C)(C)C)C1.CCOC(=O)C1=C(c2ccc(Cl)c(Cl)c2)CCN(C(=O)OC(C)(C)C)C1C. The molecule has 2 aliphatic heterocycles. The van der Waals surface area contributed by atoms with Crippen LogP contribution in [-0.2, 0) is 28.5 Å². The first-order valence-electron chi connectivity index (χ1n) is 17.8. The molecule has 54 heavy (non-hydrogen) atoms. The van der Waals surface area contributed by atoms with Gasteiger partial charge in [-0.15, -0.1) is 0 Å². The maximum atomic E-state index is 12.7. The molecular formula is C40H50Cl4N2O8. The Morgan fingerprint density at radius 3 is 1.61 bits per heavy atom. The Hall–Kier alpha value is -3.44. The fraction of sp³-hybridized carbons (Fsp3) is 0.500. The minimum atomic E-state index is -0.616. The Labute approximate surface area is 338 Å². The van der Waals surface area contributed by atoms with Gasteiger partial charge in [0.05, 0.1) is 57.0 Å². The number of halogens is 4. The van der Waals surface area contributed by atoms with E-state index in [-0.39, 0.29) is 25.8 Å². The molecule has 4 rings (SSSR count). The van der Waals surface area contributed by atoms with Gasteiger partial charge in [0.1, 0.15) is 11.2 Å². The molecule has 2 unspecified atom stereocenters. The fourth-order valence-corrected chi connectivity index (χ4v) is 6.52. The number of benzene rings is 2. The Kier molecular flexibility index (Phi) is 15.8. The highest BCUT2D eigenvalue weighted by atomic mass is 35.5. The van der Waals surface area contributed by atoms with E-state index in [4.69, 9.17) is 65.4 Å². The molecule has 2 heterocycles. The molecule has 10 nitrogen and oxygen atoms in total. The molecule has 0 saturated heterocycles. The molecule has 2 aliphatic rings. The Morgan fingerprint density at radius 1 is 0.685 bits per heavy atom. The van der Waals surface area contributed by atoms with Gasteiger partial charge < -0.3 is 28.7 Å². The molecule has 0 aromatic heterocycles. The van der Waals surface area contributed by atoms with Crippen molar-refractivity contribution in [2.75, 3.05) is 26.3 Å². The minimum Gasteiger partial charge on any atom is -0.463 e. The average molecular weight is 829 g/mol. The number of amides is 2. The van der Waals surface area contributed by atoms with Crippen LogP contribution >= 0.6 is 46.4 Å². The van der Waals surface area contributed by atoms with Gasteiger partial charge in [-0.2, -0.15) is 0 Å². The third kappa shape index (κ3) is 12.0. The van der Waals surface area contributed by atoms with Crippen molar-refractivity contribution in [3.63, 3.8) is 0 Å². The lowest BCUT2D eigenvalue weighted by atomic mass is 9.89. The quantitative estimate of drug-likeness (QED) is 0.209. The summed E-state index contributed by atoms with van der Waals surface area (Å²) in [6.45, 7) is 19.1. The Bertz CT molecular complexity index is 1770. The van der Waals surface area contributed by atoms with Gasteiger partial charge in [-0.25, -0.2) is 19.2 Å². The number of carbonyl (C=O) groups excluding carboxylic acids is 4. The van der Waals surface area contributed by atoms with E-state index in [0.29, 0.717) is 50.6 Å². The smallest absolute Gasteiger partial charge is 0.410 e. The van der Waals surface area contributed by atoms with Crippen LogP contribution in [0.5, 0.6) is 0 Å². The van der Waals surface area contributed by atoms with Crippen molar-refractivity contribution in [2.24, 2.45) is 0 Å². The first-order chi connectivity index (χ1) is 25.1. The van der Waals surface area contributed by atoms with Crippen molar-refractivity contribution >= 4 is 81.7 Å². The topological polar surface area (TPSA) is 112 Å². The van der Waals surface area contributed by atoms with Crippen molar-refractivity contribution in [2.45, 2.75) is 105 Å². The largest absolute Gasteiger partial charge is 0.463 e. The number of carbonyl (C=O) groups is 4. The zero-order valence-electron chi connectivity index (χ0n) is 32.5. The molecule has 0 aliphatic carbocycles. The standard InChI is InChI=1S/2C20H25Cl2NO4/c1-6-26-18(24)15-11-23(19(25)27-20(3,4)5)12(2)9-14(15)13-7-8-16(21)17(22)10-13;1-6-26-18(24)17-12(2)23(19(25)27-20(3,4)5)10-9-14(17)13-7-8-15(21)16(22)11-13/h7-8,10,12H,6,9,11H2,1-5H3;7-8,11-12H,6,9-10H2,1-5H3. The highest BCUT2D eigenvalue weighted by Crippen LogP contribution is 2.37. The van der Waals surface area contributed by atoms with Gasteiger partial charge in [-0.1, -0.05) is 58.5 Å². The van der Waals surface area contributed by atoms with E-state index in [1.807, 2.05) is 60.6 Å². The van der Waals surface area contributed by atoms with E-state index in [1.54, 1.807) is 54.8 Å². The molecular weight excluding hydrogens is 778 g/mol. The first kappa shape index (κ1) is 45.0. The van der Waals surface area contributed by atoms with Crippen LogP contribution in [-0.4, -0.2) is 83.5 Å². The summed E-state index contributed by atoms with van der Waals surface area (Å²) in [4.78, 5) is 53.5. The Balaban J connectivity index is 0.000000290. The number of ether oxygens (including phenoxy) is 4. The second kappa shape index (κ2) is 18.9. The predicted octanol–water partition coefficient (Wildman–Crippen LogP) is 10.7. The van der Waals surface area contributed by atoms with Crippen LogP contribution in [0.2, 0.25) is 20.1 Å². The van der Waals surface area contributed by atoms with Crippen LogP contribution in [0.15, 0.2) is 47.5 Å². The molecule has 0 fully saturated rings. The third-order valence-electron chi connectivity index (χ3n) is 8.35. The van der Waals surface area contributed by atoms with E-state index in [0.717, 1.165) is 22.3 Å². The molecule has 0 saturated carbocycles. The summed E-state index contributed by atoms with van der Waals surface area (Å²) in [6.07, 6.45) is 0.0519. The van der Waals surface area contributed by atoms with Crippen molar-refractivity contribution in [1.82, 2.24) is 9.80 Å². The number of esters is 2. The average Bonchev–Trinajstić information content (AvgIpc) is 3.05. The van der Waals surface area contributed by atoms with Gasteiger partial charge in [0.2, 0.25) is 0 Å². The molecule has 2 atom stereocenters. The summed E-state index contributed by atoms with van der Waals surface area (Å²) in [5, 5.41) is 1.70. The van der Waals surface area contributed by atoms with Crippen molar-refractivity contribution < 1.29 is 38.1 Å². The first-order valence-corrected chi connectivity index (χ1v) is 19.3. The molecule has 2 aromatic rings. The van der Waals surface area contributed by atoms with Gasteiger partial charge in [0.25, 0.3) is 0 Å². The van der Waals surface area contributed by atoms with E-state index in [9.17, 15) is 19.2 Å². The number of rotatable bonds is 6. The summed E-state index contributed by atoms with van der Waals surface area (Å²) in [7, 11) is 0. The molecule has 296 valence electrons. The van der Waals surface area contributed by atoms with Crippen molar-refractivity contribution in [3.05, 3.63) is 78.8 Å². The number of nitrogens with zero attached hydrogens (tertiary/aromatic N) is 2. The lowest BCUT2D eigenvalue weighted by molar-refractivity contribution is -0.140. The summed E-state index contributed by atoms with van der Waals surface area (Å²) in [6, 6.07) is 9.85. The fourth-order valence-electron chi connectivity index (χ4n) is 5.92. The molecule has 0 bridgehead atoms. The number of hydrogen-bond acceptors (Lipinski definition) is 8. The van der Waals surface area contributed by atoms with E-state index in [1.165, 1.54) is 0 Å². The summed E-state index contributed by atoms with van der Waals surface area (Å²) >= 11 is 24.3.